The van der Waals surface area contributed by atoms with Crippen LogP contribution in [0.2, 0.25) is 0 Å². The fourth-order valence-corrected chi connectivity index (χ4v) is 3.87. The molecule has 3 aromatic rings. The van der Waals surface area contributed by atoms with Crippen LogP contribution in [-0.4, -0.2) is 26.7 Å². The van der Waals surface area contributed by atoms with E-state index in [4.69, 9.17) is 10.5 Å². The lowest BCUT2D eigenvalue weighted by molar-refractivity contribution is -0.133. The zero-order valence-corrected chi connectivity index (χ0v) is 18.2. The van der Waals surface area contributed by atoms with Crippen LogP contribution >= 0.6 is 0 Å². The third-order valence-electron chi connectivity index (χ3n) is 5.47. The summed E-state index contributed by atoms with van der Waals surface area (Å²) in [5.41, 5.74) is 2.37. The van der Waals surface area contributed by atoms with Crippen LogP contribution in [0.4, 0.5) is 0 Å². The summed E-state index contributed by atoms with van der Waals surface area (Å²) in [5, 5.41) is 38.3. The number of nitrogens with zero attached hydrogens (tertiary/aromatic N) is 3. The van der Waals surface area contributed by atoms with Crippen molar-refractivity contribution in [3.63, 3.8) is 0 Å². The lowest BCUT2D eigenvalue weighted by Gasteiger charge is -2.07. The molecular formula is C26H23N3O4. The topological polar surface area (TPSA) is 127 Å². The molecule has 0 amide bonds. The highest BCUT2D eigenvalue weighted by molar-refractivity contribution is 6.10. The van der Waals surface area contributed by atoms with Gasteiger partial charge in [-0.3, -0.25) is 0 Å². The highest BCUT2D eigenvalue weighted by Gasteiger charge is 2.14. The number of rotatable bonds is 9. The van der Waals surface area contributed by atoms with Crippen molar-refractivity contribution in [3.8, 4) is 12.1 Å². The molecule has 7 heteroatoms. The number of benzene rings is 2. The summed E-state index contributed by atoms with van der Waals surface area (Å²) in [6, 6.07) is 14.4. The summed E-state index contributed by atoms with van der Waals surface area (Å²) in [4.78, 5) is 22.5. The molecule has 0 saturated carbocycles. The molecule has 2 aromatic carbocycles. The van der Waals surface area contributed by atoms with Crippen molar-refractivity contribution < 1.29 is 19.8 Å². The van der Waals surface area contributed by atoms with E-state index in [9.17, 15) is 19.8 Å². The number of aryl methyl sites for hydroxylation is 1. The van der Waals surface area contributed by atoms with E-state index in [1.165, 1.54) is 12.2 Å². The van der Waals surface area contributed by atoms with Crippen LogP contribution in [0.25, 0.3) is 34.0 Å². The Morgan fingerprint density at radius 2 is 1.33 bits per heavy atom. The van der Waals surface area contributed by atoms with Gasteiger partial charge in [0.1, 0.15) is 23.3 Å². The van der Waals surface area contributed by atoms with E-state index in [1.54, 1.807) is 24.3 Å². The molecule has 7 nitrogen and oxygen atoms in total. The Kier molecular flexibility index (Phi) is 7.27. The van der Waals surface area contributed by atoms with Gasteiger partial charge in [-0.15, -0.1) is 0 Å². The minimum atomic E-state index is -1.29. The quantitative estimate of drug-likeness (QED) is 0.261. The number of carboxylic acid groups (broad SMARTS) is 2. The third-order valence-corrected chi connectivity index (χ3v) is 5.47. The Labute approximate surface area is 191 Å². The first-order valence-corrected chi connectivity index (χ1v) is 10.7. The second kappa shape index (κ2) is 10.3. The van der Waals surface area contributed by atoms with Crippen LogP contribution < -0.4 is 0 Å². The van der Waals surface area contributed by atoms with E-state index in [1.807, 2.05) is 24.3 Å². The fourth-order valence-electron chi connectivity index (χ4n) is 3.87. The normalized spacial score (nSPS) is 12.0. The van der Waals surface area contributed by atoms with Crippen LogP contribution in [0, 0.1) is 22.7 Å². The molecule has 0 radical (unpaired) electrons. The summed E-state index contributed by atoms with van der Waals surface area (Å²) >= 11 is 0. The number of hydrogen-bond donors (Lipinski definition) is 2. The molecule has 0 fully saturated rings. The van der Waals surface area contributed by atoms with Crippen molar-refractivity contribution >= 4 is 45.9 Å². The number of aliphatic carboxylic acids is 2. The molecule has 2 N–H and O–H groups in total. The standard InChI is InChI=1S/C26H23N3O4/c1-2-3-4-5-10-29-23-8-6-17(11-19(15-27)25(30)31)13-21(23)22-14-18(7-9-24(22)29)12-20(16-28)26(32)33/h6-9,11-14H,2-5,10H2,1H3,(H,30,31)(H,32,33)/b19-11-,20-12-. The van der Waals surface area contributed by atoms with E-state index in [2.05, 4.69) is 11.5 Å². The van der Waals surface area contributed by atoms with Gasteiger partial charge in [0.25, 0.3) is 0 Å². The van der Waals surface area contributed by atoms with Crippen LogP contribution in [0.5, 0.6) is 0 Å². The maximum atomic E-state index is 11.2. The summed E-state index contributed by atoms with van der Waals surface area (Å²) in [5.74, 6) is -2.58. The molecule has 0 saturated heterocycles. The zero-order valence-electron chi connectivity index (χ0n) is 18.2. The van der Waals surface area contributed by atoms with Crippen molar-refractivity contribution in [2.75, 3.05) is 0 Å². The number of hydrogen-bond acceptors (Lipinski definition) is 4. The first-order chi connectivity index (χ1) is 15.9. The van der Waals surface area contributed by atoms with Gasteiger partial charge in [-0.2, -0.15) is 10.5 Å². The summed E-state index contributed by atoms with van der Waals surface area (Å²) in [6.45, 7) is 2.96. The molecule has 0 aliphatic carbocycles. The van der Waals surface area contributed by atoms with Crippen LogP contribution in [0.15, 0.2) is 47.5 Å². The first-order valence-electron chi connectivity index (χ1n) is 10.7. The van der Waals surface area contributed by atoms with Gasteiger partial charge >= 0.3 is 11.9 Å². The Morgan fingerprint density at radius 3 is 1.73 bits per heavy atom. The van der Waals surface area contributed by atoms with Gasteiger partial charge in [-0.1, -0.05) is 38.3 Å². The lowest BCUT2D eigenvalue weighted by Crippen LogP contribution is -1.98. The predicted octanol–water partition coefficient (Wildman–Crippen LogP) is 5.36. The highest BCUT2D eigenvalue weighted by Crippen LogP contribution is 2.32. The molecular weight excluding hydrogens is 418 g/mol. The third kappa shape index (κ3) is 5.11. The number of fused-ring (bicyclic) bond motifs is 3. The largest absolute Gasteiger partial charge is 0.477 e. The molecule has 0 spiro atoms. The molecule has 0 aliphatic heterocycles. The van der Waals surface area contributed by atoms with E-state index in [-0.39, 0.29) is 11.1 Å². The number of carbonyl (C=O) groups is 2. The van der Waals surface area contributed by atoms with E-state index >= 15 is 0 Å². The van der Waals surface area contributed by atoms with E-state index in [0.717, 1.165) is 54.0 Å². The minimum absolute atomic E-state index is 0.360. The maximum absolute atomic E-state index is 11.2. The molecule has 0 bridgehead atoms. The van der Waals surface area contributed by atoms with Crippen molar-refractivity contribution in [1.82, 2.24) is 4.57 Å². The molecule has 1 heterocycles. The van der Waals surface area contributed by atoms with Gasteiger partial charge in [0.15, 0.2) is 0 Å². The van der Waals surface area contributed by atoms with Crippen LogP contribution in [-0.2, 0) is 16.1 Å². The molecule has 0 unspecified atom stereocenters. The van der Waals surface area contributed by atoms with Gasteiger partial charge in [0.2, 0.25) is 0 Å². The van der Waals surface area contributed by atoms with Crippen LogP contribution in [0.3, 0.4) is 0 Å². The van der Waals surface area contributed by atoms with Crippen molar-refractivity contribution in [1.29, 1.82) is 10.5 Å². The first kappa shape index (κ1) is 23.3. The SMILES string of the molecule is CCCCCCn1c2ccc(/C=C(/C#N)C(=O)O)cc2c2cc(/C=C(/C#N)C(=O)O)ccc21. The van der Waals surface area contributed by atoms with Gasteiger partial charge in [-0.25, -0.2) is 9.59 Å². The second-order valence-electron chi connectivity index (χ2n) is 7.72. The Bertz CT molecular complexity index is 1280. The number of unbranched alkanes of at least 4 members (excludes halogenated alkanes) is 3. The smallest absolute Gasteiger partial charge is 0.346 e. The average molecular weight is 441 g/mol. The van der Waals surface area contributed by atoms with Gasteiger partial charge < -0.3 is 14.8 Å². The number of carboxylic acids is 2. The zero-order chi connectivity index (χ0) is 24.0. The lowest BCUT2D eigenvalue weighted by atomic mass is 10.0. The Morgan fingerprint density at radius 1 is 0.848 bits per heavy atom. The molecule has 0 atom stereocenters. The average Bonchev–Trinajstić information content (AvgIpc) is 3.10. The van der Waals surface area contributed by atoms with E-state index < -0.39 is 11.9 Å². The van der Waals surface area contributed by atoms with Gasteiger partial charge in [-0.05, 0) is 54.0 Å². The fraction of sp³-hybridized carbons (Fsp3) is 0.231. The highest BCUT2D eigenvalue weighted by atomic mass is 16.4. The summed E-state index contributed by atoms with van der Waals surface area (Å²) < 4.78 is 2.20. The van der Waals surface area contributed by atoms with Crippen LogP contribution in [0.1, 0.15) is 43.7 Å². The van der Waals surface area contributed by atoms with Crippen molar-refractivity contribution in [3.05, 3.63) is 58.7 Å². The number of nitriles is 2. The monoisotopic (exact) mass is 441 g/mol. The Hall–Kier alpha value is -4.36. The van der Waals surface area contributed by atoms with Crippen molar-refractivity contribution in [2.24, 2.45) is 0 Å². The summed E-state index contributed by atoms with van der Waals surface area (Å²) in [7, 11) is 0. The van der Waals surface area contributed by atoms with Crippen molar-refractivity contribution in [2.45, 2.75) is 39.2 Å². The molecule has 3 rings (SSSR count). The Balaban J connectivity index is 2.21. The van der Waals surface area contributed by atoms with E-state index in [0.29, 0.717) is 11.1 Å². The molecule has 1 aromatic heterocycles. The number of aromatic nitrogens is 1. The minimum Gasteiger partial charge on any atom is -0.477 e. The molecule has 33 heavy (non-hydrogen) atoms. The molecule has 0 aliphatic rings. The predicted molar refractivity (Wildman–Crippen MR) is 126 cm³/mol. The van der Waals surface area contributed by atoms with Gasteiger partial charge in [0.05, 0.1) is 0 Å². The summed E-state index contributed by atoms with van der Waals surface area (Å²) in [6.07, 6.45) is 7.05. The molecule has 166 valence electrons. The second-order valence-corrected chi connectivity index (χ2v) is 7.72. The van der Waals surface area contributed by atoms with Gasteiger partial charge in [0, 0.05) is 28.4 Å². The maximum Gasteiger partial charge on any atom is 0.346 e.